The van der Waals surface area contributed by atoms with E-state index in [-0.39, 0.29) is 5.91 Å². The number of amides is 1. The Morgan fingerprint density at radius 1 is 1.04 bits per heavy atom. The Labute approximate surface area is 149 Å². The Kier molecular flexibility index (Phi) is 6.20. The van der Waals surface area contributed by atoms with Crippen LogP contribution in [0.4, 0.5) is 11.4 Å². The van der Waals surface area contributed by atoms with E-state index in [0.717, 1.165) is 12.7 Å². The third-order valence-corrected chi connectivity index (χ3v) is 5.15. The average molecular weight is 360 g/mol. The Morgan fingerprint density at radius 3 is 2.12 bits per heavy atom. The summed E-state index contributed by atoms with van der Waals surface area (Å²) in [6.45, 7) is 3.86. The summed E-state index contributed by atoms with van der Waals surface area (Å²) in [5.41, 5.74) is 2.31. The maximum atomic E-state index is 12.7. The molecule has 1 atom stereocenters. The highest BCUT2D eigenvalue weighted by atomic mass is 32.2. The lowest BCUT2D eigenvalue weighted by Gasteiger charge is -2.30. The van der Waals surface area contributed by atoms with Crippen molar-refractivity contribution in [3.8, 4) is 0 Å². The number of rotatable bonds is 7. The van der Waals surface area contributed by atoms with Crippen LogP contribution in [0.1, 0.15) is 25.8 Å². The van der Waals surface area contributed by atoms with Crippen molar-refractivity contribution in [3.05, 3.63) is 60.2 Å². The molecule has 0 aliphatic carbocycles. The molecule has 0 unspecified atom stereocenters. The molecule has 134 valence electrons. The standard InChI is InChI=1S/C19H24N2O3S/c1-4-15-11-13-16(14-12-15)20-19(22)18(5-2)21(25(3,23)24)17-9-7-6-8-10-17/h6-14,18H,4-5H2,1-3H3,(H,20,22)/t18-/m0/s1. The quantitative estimate of drug-likeness (QED) is 0.822. The molecule has 6 heteroatoms. The van der Waals surface area contributed by atoms with Crippen molar-refractivity contribution < 1.29 is 13.2 Å². The third kappa shape index (κ3) is 4.82. The van der Waals surface area contributed by atoms with Crippen molar-refractivity contribution in [1.29, 1.82) is 0 Å². The molecule has 0 spiro atoms. The second-order valence-corrected chi connectivity index (χ2v) is 7.72. The smallest absolute Gasteiger partial charge is 0.248 e. The largest absolute Gasteiger partial charge is 0.324 e. The summed E-state index contributed by atoms with van der Waals surface area (Å²) >= 11 is 0. The molecule has 0 radical (unpaired) electrons. The number of carbonyl (C=O) groups excluding carboxylic acids is 1. The molecule has 2 aromatic carbocycles. The fourth-order valence-electron chi connectivity index (χ4n) is 2.68. The Bertz CT molecular complexity index is 802. The predicted molar refractivity (Wildman–Crippen MR) is 102 cm³/mol. The SMILES string of the molecule is CCc1ccc(NC(=O)[C@H](CC)N(c2ccccc2)S(C)(=O)=O)cc1. The topological polar surface area (TPSA) is 66.5 Å². The van der Waals surface area contributed by atoms with Crippen LogP contribution >= 0.6 is 0 Å². The first kappa shape index (κ1) is 19.0. The molecule has 25 heavy (non-hydrogen) atoms. The Morgan fingerprint density at radius 2 is 1.64 bits per heavy atom. The van der Waals surface area contributed by atoms with Crippen molar-refractivity contribution in [2.45, 2.75) is 32.7 Å². The van der Waals surface area contributed by atoms with Crippen LogP contribution in [0.25, 0.3) is 0 Å². The number of benzene rings is 2. The van der Waals surface area contributed by atoms with Crippen LogP contribution in [0.5, 0.6) is 0 Å². The van der Waals surface area contributed by atoms with Gasteiger partial charge in [-0.3, -0.25) is 9.10 Å². The third-order valence-electron chi connectivity index (χ3n) is 3.97. The molecule has 5 nitrogen and oxygen atoms in total. The molecule has 2 rings (SSSR count). The Hall–Kier alpha value is -2.34. The normalized spacial score (nSPS) is 12.4. The highest BCUT2D eigenvalue weighted by Crippen LogP contribution is 2.23. The van der Waals surface area contributed by atoms with Gasteiger partial charge in [-0.05, 0) is 42.7 Å². The van der Waals surface area contributed by atoms with Gasteiger partial charge in [0, 0.05) is 5.69 Å². The van der Waals surface area contributed by atoms with Crippen LogP contribution in [0.15, 0.2) is 54.6 Å². The molecule has 1 N–H and O–H groups in total. The van der Waals surface area contributed by atoms with Gasteiger partial charge in [-0.15, -0.1) is 0 Å². The Balaban J connectivity index is 2.29. The van der Waals surface area contributed by atoms with E-state index in [1.54, 1.807) is 37.3 Å². The van der Waals surface area contributed by atoms with Gasteiger partial charge in [0.05, 0.1) is 11.9 Å². The van der Waals surface area contributed by atoms with Gasteiger partial charge < -0.3 is 5.32 Å². The zero-order valence-corrected chi connectivity index (χ0v) is 15.6. The summed E-state index contributed by atoms with van der Waals surface area (Å²) in [5, 5.41) is 2.82. The van der Waals surface area contributed by atoms with Gasteiger partial charge >= 0.3 is 0 Å². The maximum absolute atomic E-state index is 12.7. The second kappa shape index (κ2) is 8.16. The zero-order valence-electron chi connectivity index (χ0n) is 14.8. The van der Waals surface area contributed by atoms with E-state index in [2.05, 4.69) is 12.2 Å². The van der Waals surface area contributed by atoms with Gasteiger partial charge in [-0.25, -0.2) is 8.42 Å². The van der Waals surface area contributed by atoms with Gasteiger partial charge in [0.15, 0.2) is 0 Å². The summed E-state index contributed by atoms with van der Waals surface area (Å²) in [6.07, 6.45) is 2.40. The number of hydrogen-bond donors (Lipinski definition) is 1. The number of anilines is 2. The molecule has 0 saturated carbocycles. The minimum atomic E-state index is -3.60. The van der Waals surface area contributed by atoms with E-state index in [9.17, 15) is 13.2 Å². The van der Waals surface area contributed by atoms with Gasteiger partial charge in [0.2, 0.25) is 15.9 Å². The number of nitrogens with zero attached hydrogens (tertiary/aromatic N) is 1. The van der Waals surface area contributed by atoms with E-state index in [0.29, 0.717) is 17.8 Å². The number of para-hydroxylation sites is 1. The van der Waals surface area contributed by atoms with Crippen LogP contribution < -0.4 is 9.62 Å². The van der Waals surface area contributed by atoms with Gasteiger partial charge in [-0.2, -0.15) is 0 Å². The summed E-state index contributed by atoms with van der Waals surface area (Å²) in [4.78, 5) is 12.7. The van der Waals surface area contributed by atoms with Crippen molar-refractivity contribution >= 4 is 27.3 Å². The second-order valence-electron chi connectivity index (χ2n) is 5.86. The van der Waals surface area contributed by atoms with Crippen LogP contribution in [0.3, 0.4) is 0 Å². The summed E-state index contributed by atoms with van der Waals surface area (Å²) < 4.78 is 25.8. The van der Waals surface area contributed by atoms with Gasteiger partial charge in [0.1, 0.15) is 6.04 Å². The van der Waals surface area contributed by atoms with Crippen LogP contribution in [-0.4, -0.2) is 26.6 Å². The minimum absolute atomic E-state index is 0.346. The highest BCUT2D eigenvalue weighted by molar-refractivity contribution is 7.92. The number of aryl methyl sites for hydroxylation is 1. The highest BCUT2D eigenvalue weighted by Gasteiger charge is 2.31. The van der Waals surface area contributed by atoms with E-state index in [1.165, 1.54) is 9.87 Å². The molecule has 0 fully saturated rings. The van der Waals surface area contributed by atoms with Crippen LogP contribution in [0.2, 0.25) is 0 Å². The monoisotopic (exact) mass is 360 g/mol. The zero-order chi connectivity index (χ0) is 18.4. The molecule has 1 amide bonds. The van der Waals surface area contributed by atoms with Crippen molar-refractivity contribution in [2.24, 2.45) is 0 Å². The lowest BCUT2D eigenvalue weighted by atomic mass is 10.1. The lowest BCUT2D eigenvalue weighted by Crippen LogP contribution is -2.46. The van der Waals surface area contributed by atoms with Crippen molar-refractivity contribution in [3.63, 3.8) is 0 Å². The molecule has 0 aliphatic heterocycles. The van der Waals surface area contributed by atoms with Crippen molar-refractivity contribution in [2.75, 3.05) is 15.9 Å². The maximum Gasteiger partial charge on any atom is 0.248 e. The first-order chi connectivity index (χ1) is 11.9. The molecule has 2 aromatic rings. The van der Waals surface area contributed by atoms with E-state index >= 15 is 0 Å². The predicted octanol–water partition coefficient (Wildman–Crippen LogP) is 3.43. The minimum Gasteiger partial charge on any atom is -0.324 e. The fraction of sp³-hybridized carbons (Fsp3) is 0.316. The van der Waals surface area contributed by atoms with E-state index in [4.69, 9.17) is 0 Å². The van der Waals surface area contributed by atoms with E-state index in [1.807, 2.05) is 24.3 Å². The molecule has 0 heterocycles. The van der Waals surface area contributed by atoms with Crippen LogP contribution in [0, 0.1) is 0 Å². The van der Waals surface area contributed by atoms with Gasteiger partial charge in [0.25, 0.3) is 0 Å². The molecular weight excluding hydrogens is 336 g/mol. The first-order valence-corrected chi connectivity index (χ1v) is 10.2. The number of sulfonamides is 1. The molecular formula is C19H24N2O3S. The number of carbonyl (C=O) groups is 1. The molecule has 0 saturated heterocycles. The summed E-state index contributed by atoms with van der Waals surface area (Å²) in [5.74, 6) is -0.346. The fourth-order valence-corrected chi connectivity index (χ4v) is 3.90. The lowest BCUT2D eigenvalue weighted by molar-refractivity contribution is -0.117. The number of nitrogens with one attached hydrogen (secondary N) is 1. The first-order valence-electron chi connectivity index (χ1n) is 8.31. The van der Waals surface area contributed by atoms with Crippen molar-refractivity contribution in [1.82, 2.24) is 0 Å². The number of hydrogen-bond acceptors (Lipinski definition) is 3. The molecule has 0 aromatic heterocycles. The molecule has 0 bridgehead atoms. The van der Waals surface area contributed by atoms with Gasteiger partial charge in [-0.1, -0.05) is 44.2 Å². The summed E-state index contributed by atoms with van der Waals surface area (Å²) in [6, 6.07) is 15.4. The van der Waals surface area contributed by atoms with Crippen LogP contribution in [-0.2, 0) is 21.2 Å². The molecule has 0 aliphatic rings. The summed E-state index contributed by atoms with van der Waals surface area (Å²) in [7, 11) is -3.60. The average Bonchev–Trinajstić information content (AvgIpc) is 2.59. The van der Waals surface area contributed by atoms with E-state index < -0.39 is 16.1 Å².